The van der Waals surface area contributed by atoms with Crippen LogP contribution in [0, 0.1) is 17.3 Å². The number of methoxy groups -OCH3 is 1. The third kappa shape index (κ3) is 9.48. The zero-order valence-electron chi connectivity index (χ0n) is 19.5. The van der Waals surface area contributed by atoms with E-state index in [-0.39, 0.29) is 0 Å². The Bertz CT molecular complexity index is 826. The van der Waals surface area contributed by atoms with Gasteiger partial charge in [0, 0.05) is 56.2 Å². The van der Waals surface area contributed by atoms with Gasteiger partial charge in [-0.25, -0.2) is 14.6 Å². The molecule has 3 aliphatic rings. The quantitative estimate of drug-likeness (QED) is 0.520. The van der Waals surface area contributed by atoms with Crippen molar-refractivity contribution in [2.45, 2.75) is 38.2 Å². The zero-order valence-corrected chi connectivity index (χ0v) is 20.3. The molecule has 15 heteroatoms. The van der Waals surface area contributed by atoms with E-state index in [1.54, 1.807) is 11.3 Å². The van der Waals surface area contributed by atoms with Gasteiger partial charge in [0.1, 0.15) is 5.01 Å². The van der Waals surface area contributed by atoms with E-state index in [0.29, 0.717) is 11.3 Å². The fourth-order valence-electron chi connectivity index (χ4n) is 4.48. The first-order chi connectivity index (χ1) is 16.7. The number of ether oxygens (including phenoxy) is 1. The van der Waals surface area contributed by atoms with Gasteiger partial charge in [-0.3, -0.25) is 4.90 Å². The van der Waals surface area contributed by atoms with Gasteiger partial charge in [0.25, 0.3) is 0 Å². The number of carboxylic acid groups (broad SMARTS) is 2. The molecule has 2 N–H and O–H groups in total. The zero-order chi connectivity index (χ0) is 27.1. The summed E-state index contributed by atoms with van der Waals surface area (Å²) < 4.78 is 69.0. The lowest BCUT2D eigenvalue weighted by atomic mass is 9.78. The summed E-state index contributed by atoms with van der Waals surface area (Å²) in [5.74, 6) is -3.82. The SMILES string of the molecule is COC[C@H]1CN(CC2CC2)C[C@@]12CCN(Cc1nccs1)C2.O=C(O)C(F)(F)F.O=C(O)C(F)(F)F. The summed E-state index contributed by atoms with van der Waals surface area (Å²) >= 11 is 1.78. The lowest BCUT2D eigenvalue weighted by molar-refractivity contribution is -0.193. The number of hydrogen-bond donors (Lipinski definition) is 2. The van der Waals surface area contributed by atoms with E-state index in [0.717, 1.165) is 19.1 Å². The van der Waals surface area contributed by atoms with E-state index in [1.807, 2.05) is 13.3 Å². The van der Waals surface area contributed by atoms with Crippen LogP contribution in [0.2, 0.25) is 0 Å². The smallest absolute Gasteiger partial charge is 0.475 e. The summed E-state index contributed by atoms with van der Waals surface area (Å²) in [6, 6.07) is 0. The van der Waals surface area contributed by atoms with Gasteiger partial charge in [0.05, 0.1) is 13.2 Å². The Hall–Kier alpha value is -1.97. The van der Waals surface area contributed by atoms with Crippen LogP contribution in [0.4, 0.5) is 26.3 Å². The fraction of sp³-hybridized carbons (Fsp3) is 0.762. The Morgan fingerprint density at radius 1 is 1.11 bits per heavy atom. The van der Waals surface area contributed by atoms with Gasteiger partial charge in [-0.15, -0.1) is 11.3 Å². The molecule has 0 amide bonds. The topological polar surface area (TPSA) is 103 Å². The molecule has 0 radical (unpaired) electrons. The van der Waals surface area contributed by atoms with Gasteiger partial charge in [0.2, 0.25) is 0 Å². The normalized spacial score (nSPS) is 24.7. The number of thiazole rings is 1. The van der Waals surface area contributed by atoms with Gasteiger partial charge in [0.15, 0.2) is 0 Å². The summed E-state index contributed by atoms with van der Waals surface area (Å²) in [6.07, 6.45) is -4.01. The summed E-state index contributed by atoms with van der Waals surface area (Å²) in [4.78, 5) is 27.6. The highest BCUT2D eigenvalue weighted by Gasteiger charge is 2.50. The third-order valence-electron chi connectivity index (χ3n) is 6.26. The standard InChI is InChI=1S/C17H27N3OS.2C2HF3O2/c1-21-11-15-9-20(8-14-2-3-14)13-17(15)4-6-19(12-17)10-16-18-5-7-22-16;2*3-2(4,5)1(6)7/h5,7,14-15H,2-4,6,8-13H2,1H3;2*(H,6,7)/t15-,17+;;/m1../s1. The molecule has 2 saturated heterocycles. The van der Waals surface area contributed by atoms with Crippen LogP contribution in [0.3, 0.4) is 0 Å². The first kappa shape index (κ1) is 30.3. The molecular weight excluding hydrogens is 520 g/mol. The Morgan fingerprint density at radius 3 is 2.11 bits per heavy atom. The molecule has 0 aromatic carbocycles. The number of aromatic nitrogens is 1. The van der Waals surface area contributed by atoms with Crippen molar-refractivity contribution in [2.24, 2.45) is 17.3 Å². The largest absolute Gasteiger partial charge is 0.490 e. The summed E-state index contributed by atoms with van der Waals surface area (Å²) in [5, 5.41) is 17.6. The van der Waals surface area contributed by atoms with E-state index in [2.05, 4.69) is 20.2 Å². The molecule has 8 nitrogen and oxygen atoms in total. The van der Waals surface area contributed by atoms with Gasteiger partial charge >= 0.3 is 24.3 Å². The molecule has 2 aliphatic heterocycles. The predicted octanol–water partition coefficient (Wildman–Crippen LogP) is 3.59. The van der Waals surface area contributed by atoms with Crippen molar-refractivity contribution >= 4 is 23.3 Å². The second-order valence-electron chi connectivity index (χ2n) is 9.14. The highest BCUT2D eigenvalue weighted by molar-refractivity contribution is 7.09. The third-order valence-corrected chi connectivity index (χ3v) is 7.02. The second-order valence-corrected chi connectivity index (χ2v) is 10.1. The van der Waals surface area contributed by atoms with Gasteiger partial charge in [-0.05, 0) is 31.7 Å². The van der Waals surface area contributed by atoms with Crippen LogP contribution in [0.15, 0.2) is 11.6 Å². The monoisotopic (exact) mass is 549 g/mol. The number of nitrogens with zero attached hydrogens (tertiary/aromatic N) is 3. The minimum absolute atomic E-state index is 0.460. The average Bonchev–Trinajstić information content (AvgIpc) is 3.13. The Labute approximate surface area is 207 Å². The average molecular weight is 550 g/mol. The number of likely N-dealkylation sites (tertiary alicyclic amines) is 2. The highest BCUT2D eigenvalue weighted by atomic mass is 32.1. The maximum atomic E-state index is 10.6. The van der Waals surface area contributed by atoms with Crippen LogP contribution in [-0.4, -0.2) is 95.7 Å². The van der Waals surface area contributed by atoms with E-state index in [1.165, 1.54) is 57.0 Å². The first-order valence-electron chi connectivity index (χ1n) is 11.1. The predicted molar refractivity (Wildman–Crippen MR) is 116 cm³/mol. The number of aliphatic carboxylic acids is 2. The van der Waals surface area contributed by atoms with E-state index in [9.17, 15) is 26.3 Å². The van der Waals surface area contributed by atoms with Crippen molar-refractivity contribution in [3.8, 4) is 0 Å². The first-order valence-corrected chi connectivity index (χ1v) is 12.0. The Morgan fingerprint density at radius 2 is 1.67 bits per heavy atom. The van der Waals surface area contributed by atoms with Crippen molar-refractivity contribution in [1.29, 1.82) is 0 Å². The van der Waals surface area contributed by atoms with Crippen LogP contribution < -0.4 is 0 Å². The number of rotatable bonds is 6. The molecule has 3 heterocycles. The molecule has 3 fully saturated rings. The Kier molecular flexibility index (Phi) is 10.5. The van der Waals surface area contributed by atoms with Gasteiger partial charge in [-0.1, -0.05) is 0 Å². The van der Waals surface area contributed by atoms with Crippen LogP contribution in [-0.2, 0) is 20.9 Å². The van der Waals surface area contributed by atoms with Gasteiger partial charge < -0.3 is 19.8 Å². The number of alkyl halides is 6. The molecule has 1 spiro atoms. The molecule has 0 unspecified atom stereocenters. The lowest BCUT2D eigenvalue weighted by Crippen LogP contribution is -2.36. The minimum Gasteiger partial charge on any atom is -0.475 e. The van der Waals surface area contributed by atoms with Gasteiger partial charge in [-0.2, -0.15) is 26.3 Å². The summed E-state index contributed by atoms with van der Waals surface area (Å²) in [6.45, 7) is 8.25. The van der Waals surface area contributed by atoms with Crippen LogP contribution >= 0.6 is 11.3 Å². The molecular formula is C21H29F6N3O5S. The summed E-state index contributed by atoms with van der Waals surface area (Å²) in [5.41, 5.74) is 0.460. The van der Waals surface area contributed by atoms with E-state index in [4.69, 9.17) is 24.5 Å². The fourth-order valence-corrected chi connectivity index (χ4v) is 5.14. The number of hydrogen-bond acceptors (Lipinski definition) is 7. The molecule has 2 atom stereocenters. The maximum Gasteiger partial charge on any atom is 0.490 e. The highest BCUT2D eigenvalue weighted by Crippen LogP contribution is 2.45. The van der Waals surface area contributed by atoms with Crippen LogP contribution in [0.5, 0.6) is 0 Å². The minimum atomic E-state index is -5.08. The molecule has 36 heavy (non-hydrogen) atoms. The molecule has 1 aromatic heterocycles. The van der Waals surface area contributed by atoms with Crippen LogP contribution in [0.1, 0.15) is 24.3 Å². The maximum absolute atomic E-state index is 10.6. The molecule has 4 rings (SSSR count). The number of carbonyl (C=O) groups is 2. The Balaban J connectivity index is 0.000000271. The van der Waals surface area contributed by atoms with E-state index < -0.39 is 24.3 Å². The number of halogens is 6. The molecule has 1 saturated carbocycles. The van der Waals surface area contributed by atoms with Crippen molar-refractivity contribution in [3.05, 3.63) is 16.6 Å². The molecule has 0 bridgehead atoms. The van der Waals surface area contributed by atoms with Crippen molar-refractivity contribution in [1.82, 2.24) is 14.8 Å². The summed E-state index contributed by atoms with van der Waals surface area (Å²) in [7, 11) is 1.86. The van der Waals surface area contributed by atoms with Crippen LogP contribution in [0.25, 0.3) is 0 Å². The second kappa shape index (κ2) is 12.5. The number of carboxylic acids is 2. The van der Waals surface area contributed by atoms with Crippen molar-refractivity contribution in [2.75, 3.05) is 46.4 Å². The molecule has 206 valence electrons. The van der Waals surface area contributed by atoms with Crippen molar-refractivity contribution in [3.63, 3.8) is 0 Å². The molecule has 1 aliphatic carbocycles. The van der Waals surface area contributed by atoms with Crippen molar-refractivity contribution < 1.29 is 50.9 Å². The lowest BCUT2D eigenvalue weighted by Gasteiger charge is -2.30. The molecule has 1 aromatic rings. The van der Waals surface area contributed by atoms with E-state index >= 15 is 0 Å².